The molecule has 0 fully saturated rings. The topological polar surface area (TPSA) is 41.1 Å². The second-order valence-corrected chi connectivity index (χ2v) is 5.99. The van der Waals surface area contributed by atoms with Crippen LogP contribution in [0.25, 0.3) is 0 Å². The Labute approximate surface area is 137 Å². The zero-order valence-corrected chi connectivity index (χ0v) is 14.1. The third-order valence-corrected chi connectivity index (χ3v) is 3.92. The van der Waals surface area contributed by atoms with Crippen LogP contribution in [0, 0.1) is 13.8 Å². The first-order chi connectivity index (χ1) is 9.97. The molecule has 0 bridgehead atoms. The van der Waals surface area contributed by atoms with E-state index in [2.05, 4.69) is 26.6 Å². The quantitative estimate of drug-likeness (QED) is 0.786. The van der Waals surface area contributed by atoms with Crippen LogP contribution in [0.3, 0.4) is 0 Å². The molecule has 5 heteroatoms. The Balaban J connectivity index is 2.03. The van der Waals surface area contributed by atoms with Crippen LogP contribution in [0.4, 0.5) is 5.69 Å². The number of carbonyl (C=O) groups excluding carboxylic acids is 1. The van der Waals surface area contributed by atoms with E-state index in [0.717, 1.165) is 15.7 Å². The molecule has 0 saturated heterocycles. The molecule has 0 aromatic heterocycles. The highest BCUT2D eigenvalue weighted by Crippen LogP contribution is 2.17. The number of aryl methyl sites for hydroxylation is 1. The van der Waals surface area contributed by atoms with Gasteiger partial charge < -0.3 is 5.32 Å². The number of thiocarbonyl (C=S) groups is 1. The van der Waals surface area contributed by atoms with Gasteiger partial charge in [-0.15, -0.1) is 0 Å². The Bertz CT molecular complexity index is 683. The van der Waals surface area contributed by atoms with Gasteiger partial charge in [0.15, 0.2) is 5.11 Å². The molecule has 0 aliphatic rings. The van der Waals surface area contributed by atoms with Crippen LogP contribution in [0.2, 0.25) is 0 Å². The molecule has 2 aromatic rings. The van der Waals surface area contributed by atoms with Crippen LogP contribution in [-0.2, 0) is 0 Å². The smallest absolute Gasteiger partial charge is 0.257 e. The molecule has 0 radical (unpaired) electrons. The van der Waals surface area contributed by atoms with Crippen LogP contribution in [0.1, 0.15) is 21.5 Å². The maximum atomic E-state index is 12.1. The number of hydrogen-bond donors (Lipinski definition) is 2. The second-order valence-electron chi connectivity index (χ2n) is 4.66. The summed E-state index contributed by atoms with van der Waals surface area (Å²) in [4.78, 5) is 12.1. The molecule has 0 aliphatic heterocycles. The van der Waals surface area contributed by atoms with Crippen molar-refractivity contribution in [2.24, 2.45) is 0 Å². The standard InChI is InChI=1S/C16H15BrN2OS/c1-10-4-3-5-14(11(10)2)18-16(21)19-15(20)12-6-8-13(17)9-7-12/h3-9H,1-2H3,(H2,18,19,20,21). The van der Waals surface area contributed by atoms with Gasteiger partial charge in [0.25, 0.3) is 5.91 Å². The average molecular weight is 363 g/mol. The number of benzene rings is 2. The van der Waals surface area contributed by atoms with Crippen LogP contribution < -0.4 is 10.6 Å². The van der Waals surface area contributed by atoms with Gasteiger partial charge in [-0.3, -0.25) is 10.1 Å². The van der Waals surface area contributed by atoms with Gasteiger partial charge in [0, 0.05) is 15.7 Å². The molecular weight excluding hydrogens is 348 g/mol. The Kier molecular flexibility index (Phi) is 5.09. The highest BCUT2D eigenvalue weighted by Gasteiger charge is 2.09. The normalized spacial score (nSPS) is 10.0. The van der Waals surface area contributed by atoms with E-state index in [9.17, 15) is 4.79 Å². The third kappa shape index (κ3) is 4.12. The van der Waals surface area contributed by atoms with E-state index in [1.165, 1.54) is 5.56 Å². The molecule has 0 spiro atoms. The van der Waals surface area contributed by atoms with Crippen molar-refractivity contribution in [3.8, 4) is 0 Å². The maximum absolute atomic E-state index is 12.1. The van der Waals surface area contributed by atoms with Crippen molar-refractivity contribution in [1.29, 1.82) is 0 Å². The summed E-state index contributed by atoms with van der Waals surface area (Å²) in [6.45, 7) is 4.04. The third-order valence-electron chi connectivity index (χ3n) is 3.19. The summed E-state index contributed by atoms with van der Waals surface area (Å²) in [6, 6.07) is 13.0. The summed E-state index contributed by atoms with van der Waals surface area (Å²) >= 11 is 8.52. The molecule has 0 saturated carbocycles. The van der Waals surface area contributed by atoms with Crippen LogP contribution in [0.5, 0.6) is 0 Å². The number of nitrogens with one attached hydrogen (secondary N) is 2. The van der Waals surface area contributed by atoms with E-state index >= 15 is 0 Å². The van der Waals surface area contributed by atoms with Gasteiger partial charge in [0.2, 0.25) is 0 Å². The lowest BCUT2D eigenvalue weighted by Gasteiger charge is -2.13. The summed E-state index contributed by atoms with van der Waals surface area (Å²) in [5, 5.41) is 6.02. The summed E-state index contributed by atoms with van der Waals surface area (Å²) in [5.41, 5.74) is 3.74. The number of rotatable bonds is 2. The lowest BCUT2D eigenvalue weighted by molar-refractivity contribution is 0.0977. The first-order valence-electron chi connectivity index (χ1n) is 6.41. The Morgan fingerprint density at radius 3 is 2.43 bits per heavy atom. The molecule has 2 aromatic carbocycles. The van der Waals surface area contributed by atoms with E-state index in [4.69, 9.17) is 12.2 Å². The highest BCUT2D eigenvalue weighted by atomic mass is 79.9. The van der Waals surface area contributed by atoms with Crippen LogP contribution >= 0.6 is 28.1 Å². The zero-order valence-electron chi connectivity index (χ0n) is 11.7. The van der Waals surface area contributed by atoms with Crippen molar-refractivity contribution < 1.29 is 4.79 Å². The monoisotopic (exact) mass is 362 g/mol. The van der Waals surface area contributed by atoms with Crippen molar-refractivity contribution in [1.82, 2.24) is 5.32 Å². The number of anilines is 1. The van der Waals surface area contributed by atoms with E-state index in [0.29, 0.717) is 5.56 Å². The van der Waals surface area contributed by atoms with Crippen LogP contribution in [0.15, 0.2) is 46.9 Å². The summed E-state index contributed by atoms with van der Waals surface area (Å²) < 4.78 is 0.926. The van der Waals surface area contributed by atoms with Gasteiger partial charge in [0.05, 0.1) is 0 Å². The largest absolute Gasteiger partial charge is 0.332 e. The van der Waals surface area contributed by atoms with Crippen molar-refractivity contribution in [2.45, 2.75) is 13.8 Å². The molecular formula is C16H15BrN2OS. The molecule has 2 N–H and O–H groups in total. The van der Waals surface area contributed by atoms with Crippen molar-refractivity contribution in [3.63, 3.8) is 0 Å². The molecule has 0 atom stereocenters. The number of carbonyl (C=O) groups is 1. The minimum absolute atomic E-state index is 0.231. The van der Waals surface area contributed by atoms with Crippen molar-refractivity contribution in [3.05, 3.63) is 63.6 Å². The molecule has 2 rings (SSSR count). The Morgan fingerprint density at radius 2 is 1.76 bits per heavy atom. The molecule has 3 nitrogen and oxygen atoms in total. The average Bonchev–Trinajstić information content (AvgIpc) is 2.44. The number of hydrogen-bond acceptors (Lipinski definition) is 2. The van der Waals surface area contributed by atoms with E-state index < -0.39 is 0 Å². The highest BCUT2D eigenvalue weighted by molar-refractivity contribution is 9.10. The first kappa shape index (κ1) is 15.7. The summed E-state index contributed by atoms with van der Waals surface area (Å²) in [5.74, 6) is -0.231. The van der Waals surface area contributed by atoms with E-state index in [-0.39, 0.29) is 11.0 Å². The lowest BCUT2D eigenvalue weighted by Crippen LogP contribution is -2.34. The lowest BCUT2D eigenvalue weighted by atomic mass is 10.1. The fourth-order valence-corrected chi connectivity index (χ4v) is 2.28. The van der Waals surface area contributed by atoms with Crippen molar-refractivity contribution in [2.75, 3.05) is 5.32 Å². The molecule has 108 valence electrons. The molecule has 0 aliphatic carbocycles. The summed E-state index contributed by atoms with van der Waals surface area (Å²) in [7, 11) is 0. The van der Waals surface area contributed by atoms with Gasteiger partial charge >= 0.3 is 0 Å². The van der Waals surface area contributed by atoms with Gasteiger partial charge in [-0.2, -0.15) is 0 Å². The maximum Gasteiger partial charge on any atom is 0.257 e. The van der Waals surface area contributed by atoms with Crippen LogP contribution in [-0.4, -0.2) is 11.0 Å². The predicted octanol–water partition coefficient (Wildman–Crippen LogP) is 4.19. The minimum Gasteiger partial charge on any atom is -0.332 e. The first-order valence-corrected chi connectivity index (χ1v) is 7.61. The number of halogens is 1. The minimum atomic E-state index is -0.231. The fourth-order valence-electron chi connectivity index (χ4n) is 1.82. The van der Waals surface area contributed by atoms with Gasteiger partial charge in [-0.1, -0.05) is 28.1 Å². The predicted molar refractivity (Wildman–Crippen MR) is 93.7 cm³/mol. The Morgan fingerprint density at radius 1 is 1.10 bits per heavy atom. The van der Waals surface area contributed by atoms with E-state index in [1.54, 1.807) is 12.1 Å². The fraction of sp³-hybridized carbons (Fsp3) is 0.125. The van der Waals surface area contributed by atoms with Gasteiger partial charge in [-0.05, 0) is 67.5 Å². The molecule has 1 amide bonds. The van der Waals surface area contributed by atoms with Gasteiger partial charge in [-0.25, -0.2) is 0 Å². The van der Waals surface area contributed by atoms with Crippen molar-refractivity contribution >= 4 is 44.9 Å². The second kappa shape index (κ2) is 6.83. The SMILES string of the molecule is Cc1cccc(NC(=S)NC(=O)c2ccc(Br)cc2)c1C. The molecule has 0 unspecified atom stereocenters. The zero-order chi connectivity index (χ0) is 15.4. The van der Waals surface area contributed by atoms with E-state index in [1.807, 2.05) is 44.2 Å². The summed E-state index contributed by atoms with van der Waals surface area (Å²) in [6.07, 6.45) is 0. The molecule has 0 heterocycles. The van der Waals surface area contributed by atoms with Gasteiger partial charge in [0.1, 0.15) is 0 Å². The number of amides is 1. The Hall–Kier alpha value is -1.72. The molecule has 21 heavy (non-hydrogen) atoms.